The first-order chi connectivity index (χ1) is 10.8. The number of nitrogens with zero attached hydrogens (tertiary/aromatic N) is 3. The summed E-state index contributed by atoms with van der Waals surface area (Å²) in [6, 6.07) is 16.8. The van der Waals surface area contributed by atoms with Crippen molar-refractivity contribution in [3.05, 3.63) is 84.2 Å². The topological polar surface area (TPSA) is 44.8 Å². The second-order valence-corrected chi connectivity index (χ2v) is 5.40. The molecule has 3 aromatic rings. The molecule has 0 bridgehead atoms. The Kier molecular flexibility index (Phi) is 4.61. The summed E-state index contributed by atoms with van der Waals surface area (Å²) in [6.07, 6.45) is 5.45. The number of H-pyrrole nitrogens is 1. The second kappa shape index (κ2) is 7.00. The van der Waals surface area contributed by atoms with Crippen molar-refractivity contribution >= 4 is 0 Å². The first kappa shape index (κ1) is 14.5. The molecular formula is C18H20N4. The van der Waals surface area contributed by atoms with Gasteiger partial charge in [0.1, 0.15) is 0 Å². The van der Waals surface area contributed by atoms with E-state index >= 15 is 0 Å². The molecule has 1 aromatic carbocycles. The van der Waals surface area contributed by atoms with E-state index < -0.39 is 0 Å². The summed E-state index contributed by atoms with van der Waals surface area (Å²) in [5.74, 6) is 0. The van der Waals surface area contributed by atoms with Crippen LogP contribution in [0, 0.1) is 0 Å². The molecule has 112 valence electrons. The van der Waals surface area contributed by atoms with E-state index in [4.69, 9.17) is 0 Å². The number of nitrogens with one attached hydrogen (secondary N) is 1. The Balaban J connectivity index is 1.82. The van der Waals surface area contributed by atoms with Gasteiger partial charge < -0.3 is 4.98 Å². The fourth-order valence-corrected chi connectivity index (χ4v) is 2.55. The van der Waals surface area contributed by atoms with Crippen LogP contribution in [0.5, 0.6) is 0 Å². The minimum atomic E-state index is 0.227. The van der Waals surface area contributed by atoms with Gasteiger partial charge in [0.2, 0.25) is 0 Å². The van der Waals surface area contributed by atoms with E-state index in [0.717, 1.165) is 24.5 Å². The largest absolute Gasteiger partial charge is 0.347 e. The van der Waals surface area contributed by atoms with Crippen molar-refractivity contribution in [2.24, 2.45) is 0 Å². The van der Waals surface area contributed by atoms with Gasteiger partial charge in [-0.25, -0.2) is 4.98 Å². The van der Waals surface area contributed by atoms with Gasteiger partial charge in [-0.3, -0.25) is 9.88 Å². The first-order valence-corrected chi connectivity index (χ1v) is 7.49. The van der Waals surface area contributed by atoms with Crippen molar-refractivity contribution in [3.63, 3.8) is 0 Å². The highest BCUT2D eigenvalue weighted by molar-refractivity contribution is 5.16. The van der Waals surface area contributed by atoms with Crippen molar-refractivity contribution in [1.29, 1.82) is 0 Å². The molecule has 2 aromatic heterocycles. The van der Waals surface area contributed by atoms with Crippen LogP contribution in [0.4, 0.5) is 0 Å². The molecule has 0 spiro atoms. The number of hydrogen-bond acceptors (Lipinski definition) is 3. The molecule has 22 heavy (non-hydrogen) atoms. The fraction of sp³-hybridized carbons (Fsp3) is 0.222. The van der Waals surface area contributed by atoms with E-state index in [-0.39, 0.29) is 6.04 Å². The number of pyridine rings is 1. The maximum Gasteiger partial charge on any atom is 0.0922 e. The van der Waals surface area contributed by atoms with Crippen LogP contribution < -0.4 is 0 Å². The van der Waals surface area contributed by atoms with Gasteiger partial charge >= 0.3 is 0 Å². The molecular weight excluding hydrogens is 272 g/mol. The number of aromatic nitrogens is 3. The third-order valence-corrected chi connectivity index (χ3v) is 3.82. The normalized spacial score (nSPS) is 12.5. The third kappa shape index (κ3) is 3.59. The van der Waals surface area contributed by atoms with Crippen LogP contribution in [0.2, 0.25) is 0 Å². The lowest BCUT2D eigenvalue weighted by Crippen LogP contribution is -2.27. The van der Waals surface area contributed by atoms with Crippen LogP contribution in [-0.2, 0) is 13.1 Å². The van der Waals surface area contributed by atoms with E-state index in [1.165, 1.54) is 5.56 Å². The summed E-state index contributed by atoms with van der Waals surface area (Å²) in [4.78, 5) is 14.2. The van der Waals surface area contributed by atoms with Crippen LogP contribution in [-0.4, -0.2) is 19.9 Å². The lowest BCUT2D eigenvalue weighted by Gasteiger charge is -2.28. The van der Waals surface area contributed by atoms with E-state index in [9.17, 15) is 0 Å². The Morgan fingerprint density at radius 3 is 2.55 bits per heavy atom. The molecule has 4 nitrogen and oxygen atoms in total. The van der Waals surface area contributed by atoms with E-state index in [1.807, 2.05) is 30.6 Å². The Morgan fingerprint density at radius 1 is 1.05 bits per heavy atom. The lowest BCUT2D eigenvalue weighted by molar-refractivity contribution is 0.186. The second-order valence-electron chi connectivity index (χ2n) is 5.40. The van der Waals surface area contributed by atoms with Crippen molar-refractivity contribution in [3.8, 4) is 0 Å². The van der Waals surface area contributed by atoms with Crippen LogP contribution in [0.3, 0.4) is 0 Å². The Labute approximate surface area is 130 Å². The summed E-state index contributed by atoms with van der Waals surface area (Å²) in [5.41, 5.74) is 3.49. The Hall–Kier alpha value is -2.46. The van der Waals surface area contributed by atoms with Crippen LogP contribution >= 0.6 is 0 Å². The molecule has 0 radical (unpaired) electrons. The monoisotopic (exact) mass is 292 g/mol. The Bertz CT molecular complexity index is 665. The minimum absolute atomic E-state index is 0.227. The maximum atomic E-state index is 4.50. The molecule has 0 aliphatic rings. The Morgan fingerprint density at radius 2 is 1.86 bits per heavy atom. The van der Waals surface area contributed by atoms with Gasteiger partial charge in [0.25, 0.3) is 0 Å². The SMILES string of the molecule is C[C@@H](c1ccccn1)N(Cc1ccccc1)Cc1cnc[nH]1. The highest BCUT2D eigenvalue weighted by Crippen LogP contribution is 2.22. The molecule has 0 aliphatic carbocycles. The number of hydrogen-bond donors (Lipinski definition) is 1. The summed E-state index contributed by atoms with van der Waals surface area (Å²) >= 11 is 0. The highest BCUT2D eigenvalue weighted by atomic mass is 15.2. The summed E-state index contributed by atoms with van der Waals surface area (Å²) < 4.78 is 0. The first-order valence-electron chi connectivity index (χ1n) is 7.49. The highest BCUT2D eigenvalue weighted by Gasteiger charge is 2.18. The molecule has 2 heterocycles. The van der Waals surface area contributed by atoms with Gasteiger partial charge in [0.05, 0.1) is 12.0 Å². The van der Waals surface area contributed by atoms with Crippen molar-refractivity contribution in [2.45, 2.75) is 26.1 Å². The van der Waals surface area contributed by atoms with Gasteiger partial charge in [0.15, 0.2) is 0 Å². The zero-order valence-corrected chi connectivity index (χ0v) is 12.7. The molecule has 0 saturated carbocycles. The quantitative estimate of drug-likeness (QED) is 0.755. The van der Waals surface area contributed by atoms with Crippen molar-refractivity contribution in [1.82, 2.24) is 19.9 Å². The minimum Gasteiger partial charge on any atom is -0.347 e. The predicted molar refractivity (Wildman–Crippen MR) is 86.9 cm³/mol. The van der Waals surface area contributed by atoms with E-state index in [1.54, 1.807) is 6.33 Å². The zero-order chi connectivity index (χ0) is 15.2. The predicted octanol–water partition coefficient (Wildman–Crippen LogP) is 3.57. The van der Waals surface area contributed by atoms with Crippen LogP contribution in [0.25, 0.3) is 0 Å². The standard InChI is InChI=1S/C18H20N4/c1-15(18-9-5-6-10-20-18)22(13-17-11-19-14-21-17)12-16-7-3-2-4-8-16/h2-11,14-15H,12-13H2,1H3,(H,19,21)/t15-/m0/s1. The molecule has 1 N–H and O–H groups in total. The van der Waals surface area contributed by atoms with Gasteiger partial charge in [0, 0.05) is 37.2 Å². The molecule has 0 aliphatic heterocycles. The number of imidazole rings is 1. The van der Waals surface area contributed by atoms with Crippen LogP contribution in [0.1, 0.15) is 29.9 Å². The van der Waals surface area contributed by atoms with Crippen molar-refractivity contribution in [2.75, 3.05) is 0 Å². The lowest BCUT2D eigenvalue weighted by atomic mass is 10.1. The van der Waals surface area contributed by atoms with Gasteiger partial charge in [-0.2, -0.15) is 0 Å². The molecule has 1 atom stereocenters. The maximum absolute atomic E-state index is 4.50. The summed E-state index contributed by atoms with van der Waals surface area (Å²) in [6.45, 7) is 3.88. The van der Waals surface area contributed by atoms with E-state index in [0.29, 0.717) is 0 Å². The molecule has 0 amide bonds. The smallest absolute Gasteiger partial charge is 0.0922 e. The van der Waals surface area contributed by atoms with E-state index in [2.05, 4.69) is 57.1 Å². The van der Waals surface area contributed by atoms with Crippen LogP contribution in [0.15, 0.2) is 67.3 Å². The third-order valence-electron chi connectivity index (χ3n) is 3.82. The molecule has 3 rings (SSSR count). The fourth-order valence-electron chi connectivity index (χ4n) is 2.55. The average Bonchev–Trinajstić information content (AvgIpc) is 3.08. The zero-order valence-electron chi connectivity index (χ0n) is 12.7. The summed E-state index contributed by atoms with van der Waals surface area (Å²) in [5, 5.41) is 0. The van der Waals surface area contributed by atoms with Gasteiger partial charge in [-0.05, 0) is 24.6 Å². The number of rotatable bonds is 6. The number of aromatic amines is 1. The van der Waals surface area contributed by atoms with Gasteiger partial charge in [-0.15, -0.1) is 0 Å². The van der Waals surface area contributed by atoms with Gasteiger partial charge in [-0.1, -0.05) is 36.4 Å². The molecule has 0 unspecified atom stereocenters. The molecule has 0 fully saturated rings. The average molecular weight is 292 g/mol. The molecule has 4 heteroatoms. The molecule has 0 saturated heterocycles. The van der Waals surface area contributed by atoms with Crippen molar-refractivity contribution < 1.29 is 0 Å². The summed E-state index contributed by atoms with van der Waals surface area (Å²) in [7, 11) is 0. The number of benzene rings is 1.